The van der Waals surface area contributed by atoms with Gasteiger partial charge in [0.25, 0.3) is 5.91 Å². The number of amides is 1. The monoisotopic (exact) mass is 318 g/mol. The first kappa shape index (κ1) is 18.0. The maximum atomic E-state index is 12.6. The van der Waals surface area contributed by atoms with Gasteiger partial charge in [0.15, 0.2) is 5.60 Å². The van der Waals surface area contributed by atoms with E-state index in [0.29, 0.717) is 19.5 Å². The molecule has 1 heterocycles. The Morgan fingerprint density at radius 3 is 2.61 bits per heavy atom. The normalized spacial score (nSPS) is 22.4. The average Bonchev–Trinajstić information content (AvgIpc) is 2.50. The molecule has 1 aliphatic rings. The van der Waals surface area contributed by atoms with Crippen LogP contribution in [0.25, 0.3) is 0 Å². The number of hydrogen-bond donors (Lipinski definition) is 2. The Labute approximate surface area is 139 Å². The Balaban J connectivity index is 1.86. The lowest BCUT2D eigenvalue weighted by Crippen LogP contribution is -2.60. The van der Waals surface area contributed by atoms with Gasteiger partial charge in [-0.3, -0.25) is 4.79 Å². The molecule has 1 atom stereocenters. The van der Waals surface area contributed by atoms with Gasteiger partial charge in [-0.1, -0.05) is 30.3 Å². The number of hydrogen-bond acceptors (Lipinski definition) is 3. The number of rotatable bonds is 6. The molecular weight excluding hydrogens is 288 g/mol. The molecule has 4 nitrogen and oxygen atoms in total. The Morgan fingerprint density at radius 2 is 1.96 bits per heavy atom. The second-order valence-corrected chi connectivity index (χ2v) is 7.62. The molecule has 1 saturated heterocycles. The van der Waals surface area contributed by atoms with Crippen LogP contribution in [-0.2, 0) is 11.2 Å². The number of aryl methyl sites for hydroxylation is 1. The fraction of sp³-hybridized carbons (Fsp3) is 0.632. The lowest BCUT2D eigenvalue weighted by Gasteiger charge is -2.39. The number of piperidine rings is 1. The third kappa shape index (κ3) is 5.33. The first-order chi connectivity index (χ1) is 10.8. The highest BCUT2D eigenvalue weighted by atomic mass is 16.3. The summed E-state index contributed by atoms with van der Waals surface area (Å²) in [6.45, 7) is 7.92. The zero-order valence-corrected chi connectivity index (χ0v) is 14.6. The fourth-order valence-corrected chi connectivity index (χ4v) is 2.97. The van der Waals surface area contributed by atoms with Crippen molar-refractivity contribution in [1.82, 2.24) is 10.2 Å². The average molecular weight is 318 g/mol. The quantitative estimate of drug-likeness (QED) is 0.846. The van der Waals surface area contributed by atoms with E-state index in [2.05, 4.69) is 17.4 Å². The summed E-state index contributed by atoms with van der Waals surface area (Å²) in [4.78, 5) is 14.5. The van der Waals surface area contributed by atoms with Gasteiger partial charge in [0.1, 0.15) is 0 Å². The molecular formula is C19H30N2O2. The largest absolute Gasteiger partial charge is 0.379 e. The van der Waals surface area contributed by atoms with E-state index in [-0.39, 0.29) is 11.4 Å². The van der Waals surface area contributed by atoms with Crippen LogP contribution in [0, 0.1) is 0 Å². The summed E-state index contributed by atoms with van der Waals surface area (Å²) in [5.74, 6) is -0.117. The van der Waals surface area contributed by atoms with Gasteiger partial charge in [-0.2, -0.15) is 0 Å². The van der Waals surface area contributed by atoms with E-state index in [0.717, 1.165) is 25.8 Å². The van der Waals surface area contributed by atoms with Crippen molar-refractivity contribution in [1.29, 1.82) is 0 Å². The number of nitrogens with one attached hydrogen (secondary N) is 1. The minimum absolute atomic E-state index is 0.106. The van der Waals surface area contributed by atoms with E-state index >= 15 is 0 Å². The number of β-amino-alcohol motifs (C(OH)–C–C–N with tert-alkyl or cyclic N) is 1. The van der Waals surface area contributed by atoms with Crippen molar-refractivity contribution >= 4 is 5.91 Å². The topological polar surface area (TPSA) is 52.6 Å². The summed E-state index contributed by atoms with van der Waals surface area (Å²) >= 11 is 0. The van der Waals surface area contributed by atoms with Gasteiger partial charge in [0, 0.05) is 25.2 Å². The summed E-state index contributed by atoms with van der Waals surface area (Å²) in [7, 11) is 0. The van der Waals surface area contributed by atoms with Gasteiger partial charge in [-0.15, -0.1) is 0 Å². The van der Waals surface area contributed by atoms with Crippen LogP contribution >= 0.6 is 0 Å². The van der Waals surface area contributed by atoms with Crippen molar-refractivity contribution in [3.05, 3.63) is 35.9 Å². The van der Waals surface area contributed by atoms with Gasteiger partial charge >= 0.3 is 0 Å². The van der Waals surface area contributed by atoms with Crippen LogP contribution in [0.5, 0.6) is 0 Å². The minimum atomic E-state index is -1.25. The number of aliphatic hydroxyl groups is 1. The second-order valence-electron chi connectivity index (χ2n) is 7.62. The van der Waals surface area contributed by atoms with Crippen LogP contribution in [-0.4, -0.2) is 46.7 Å². The van der Waals surface area contributed by atoms with Crippen LogP contribution in [0.15, 0.2) is 30.3 Å². The van der Waals surface area contributed by atoms with Crippen LogP contribution < -0.4 is 5.32 Å². The molecule has 2 N–H and O–H groups in total. The molecule has 128 valence electrons. The van der Waals surface area contributed by atoms with Gasteiger partial charge in [-0.25, -0.2) is 0 Å². The van der Waals surface area contributed by atoms with E-state index < -0.39 is 5.60 Å². The highest BCUT2D eigenvalue weighted by molar-refractivity contribution is 5.86. The highest BCUT2D eigenvalue weighted by Gasteiger charge is 2.42. The van der Waals surface area contributed by atoms with Crippen molar-refractivity contribution in [2.45, 2.75) is 57.6 Å². The maximum Gasteiger partial charge on any atom is 0.255 e. The summed E-state index contributed by atoms with van der Waals surface area (Å²) in [6.07, 6.45) is 3.30. The zero-order chi connectivity index (χ0) is 16.9. The van der Waals surface area contributed by atoms with Crippen molar-refractivity contribution in [2.24, 2.45) is 0 Å². The highest BCUT2D eigenvalue weighted by Crippen LogP contribution is 2.23. The van der Waals surface area contributed by atoms with Crippen molar-refractivity contribution in [2.75, 3.05) is 19.6 Å². The molecule has 4 heteroatoms. The molecule has 23 heavy (non-hydrogen) atoms. The molecule has 0 radical (unpaired) electrons. The van der Waals surface area contributed by atoms with Gasteiger partial charge < -0.3 is 15.3 Å². The van der Waals surface area contributed by atoms with E-state index in [4.69, 9.17) is 0 Å². The van der Waals surface area contributed by atoms with Gasteiger partial charge in [0.2, 0.25) is 0 Å². The standard InChI is InChI=1S/C19H30N2O2/c1-18(2,3)20-15-19(23)12-8-14-21(17(19)22)13-7-11-16-9-5-4-6-10-16/h4-6,9-10,20,23H,7-8,11-15H2,1-3H3/t19-/m1/s1. The number of carbonyl (C=O) groups excluding carboxylic acids is 1. The Kier molecular flexibility index (Phi) is 5.82. The summed E-state index contributed by atoms with van der Waals surface area (Å²) < 4.78 is 0. The molecule has 1 aromatic rings. The number of benzene rings is 1. The molecule has 0 saturated carbocycles. The Bertz CT molecular complexity index is 510. The van der Waals surface area contributed by atoms with E-state index in [9.17, 15) is 9.90 Å². The lowest BCUT2D eigenvalue weighted by atomic mass is 9.90. The smallest absolute Gasteiger partial charge is 0.255 e. The molecule has 1 aromatic carbocycles. The predicted molar refractivity (Wildman–Crippen MR) is 93.3 cm³/mol. The van der Waals surface area contributed by atoms with Crippen molar-refractivity contribution in [3.63, 3.8) is 0 Å². The fourth-order valence-electron chi connectivity index (χ4n) is 2.97. The molecule has 2 rings (SSSR count). The summed E-state index contributed by atoms with van der Waals surface area (Å²) in [6, 6.07) is 10.3. The lowest BCUT2D eigenvalue weighted by molar-refractivity contribution is -0.156. The van der Waals surface area contributed by atoms with Crippen LogP contribution in [0.3, 0.4) is 0 Å². The molecule has 1 amide bonds. The third-order valence-corrected chi connectivity index (χ3v) is 4.35. The first-order valence-corrected chi connectivity index (χ1v) is 8.61. The van der Waals surface area contributed by atoms with Crippen molar-refractivity contribution < 1.29 is 9.90 Å². The van der Waals surface area contributed by atoms with Gasteiger partial charge in [-0.05, 0) is 52.0 Å². The molecule has 0 aliphatic carbocycles. The minimum Gasteiger partial charge on any atom is -0.379 e. The molecule has 0 bridgehead atoms. The van der Waals surface area contributed by atoms with Crippen molar-refractivity contribution in [3.8, 4) is 0 Å². The molecule has 0 aromatic heterocycles. The number of likely N-dealkylation sites (tertiary alicyclic amines) is 1. The predicted octanol–water partition coefficient (Wildman–Crippen LogP) is 2.36. The van der Waals surface area contributed by atoms with E-state index in [1.807, 2.05) is 43.9 Å². The number of carbonyl (C=O) groups is 1. The Hall–Kier alpha value is -1.39. The SMILES string of the molecule is CC(C)(C)NC[C@]1(O)CCCN(CCCc2ccccc2)C1=O. The first-order valence-electron chi connectivity index (χ1n) is 8.61. The van der Waals surface area contributed by atoms with E-state index in [1.54, 1.807) is 0 Å². The van der Waals surface area contributed by atoms with Crippen LogP contribution in [0.2, 0.25) is 0 Å². The molecule has 0 unspecified atom stereocenters. The van der Waals surface area contributed by atoms with Gasteiger partial charge in [0.05, 0.1) is 0 Å². The molecule has 1 fully saturated rings. The van der Waals surface area contributed by atoms with E-state index in [1.165, 1.54) is 5.56 Å². The van der Waals surface area contributed by atoms with Crippen LogP contribution in [0.1, 0.15) is 45.6 Å². The summed E-state index contributed by atoms with van der Waals surface area (Å²) in [5.41, 5.74) is -0.0641. The second kappa shape index (κ2) is 7.45. The Morgan fingerprint density at radius 1 is 1.26 bits per heavy atom. The zero-order valence-electron chi connectivity index (χ0n) is 14.6. The third-order valence-electron chi connectivity index (χ3n) is 4.35. The number of nitrogens with zero attached hydrogens (tertiary/aromatic N) is 1. The van der Waals surface area contributed by atoms with Crippen LogP contribution in [0.4, 0.5) is 0 Å². The summed E-state index contributed by atoms with van der Waals surface area (Å²) in [5, 5.41) is 14.0. The maximum absolute atomic E-state index is 12.6. The molecule has 0 spiro atoms. The molecule has 1 aliphatic heterocycles.